The molecule has 2 aliphatic heterocycles. The van der Waals surface area contributed by atoms with E-state index in [4.69, 9.17) is 9.47 Å². The molecule has 1 N–H and O–H groups in total. The monoisotopic (exact) mass is 423 g/mol. The predicted molar refractivity (Wildman–Crippen MR) is 105 cm³/mol. The minimum atomic E-state index is -1.17. The molecular weight excluding hydrogens is 402 g/mol. The first-order chi connectivity index (χ1) is 13.7. The Labute approximate surface area is 171 Å². The van der Waals surface area contributed by atoms with E-state index in [1.165, 1.54) is 37.9 Å². The Morgan fingerprint density at radius 3 is 2.83 bits per heavy atom. The van der Waals surface area contributed by atoms with E-state index in [0.717, 1.165) is 6.07 Å². The molecule has 2 amide bonds. The first kappa shape index (κ1) is 20.9. The third-order valence-corrected chi connectivity index (χ3v) is 6.54. The number of carbonyl (C=O) groups is 3. The van der Waals surface area contributed by atoms with Gasteiger partial charge in [-0.25, -0.2) is 4.79 Å². The van der Waals surface area contributed by atoms with Crippen LogP contribution in [0.15, 0.2) is 18.2 Å². The highest BCUT2D eigenvalue weighted by atomic mass is 32.2. The summed E-state index contributed by atoms with van der Waals surface area (Å²) in [5.41, 5.74) is -0.131. The molecule has 2 heterocycles. The zero-order valence-electron chi connectivity index (χ0n) is 16.2. The molecule has 2 aliphatic rings. The second kappa shape index (κ2) is 7.90. The van der Waals surface area contributed by atoms with Crippen LogP contribution in [0.25, 0.3) is 0 Å². The van der Waals surface area contributed by atoms with Crippen molar-refractivity contribution in [3.63, 3.8) is 0 Å². The summed E-state index contributed by atoms with van der Waals surface area (Å²) in [6.45, 7) is 3.31. The van der Waals surface area contributed by atoms with Crippen LogP contribution in [-0.4, -0.2) is 57.5 Å². The molecule has 10 nitrogen and oxygen atoms in total. The number of thioether (sulfide) groups is 1. The molecular formula is C18H21N3O7S. The van der Waals surface area contributed by atoms with E-state index in [2.05, 4.69) is 5.32 Å². The molecule has 29 heavy (non-hydrogen) atoms. The smallest absolute Gasteiger partial charge is 0.330 e. The number of ether oxygens (including phenoxy) is 2. The van der Waals surface area contributed by atoms with Gasteiger partial charge in [-0.1, -0.05) is 0 Å². The van der Waals surface area contributed by atoms with Crippen LogP contribution in [0.5, 0.6) is 5.75 Å². The van der Waals surface area contributed by atoms with E-state index in [9.17, 15) is 24.5 Å². The molecule has 11 heteroatoms. The molecule has 0 saturated carbocycles. The third kappa shape index (κ3) is 4.00. The summed E-state index contributed by atoms with van der Waals surface area (Å²) in [6, 6.07) is 3.04. The van der Waals surface area contributed by atoms with Crippen LogP contribution in [0.1, 0.15) is 26.7 Å². The van der Waals surface area contributed by atoms with Crippen molar-refractivity contribution in [1.82, 2.24) is 4.90 Å². The Kier molecular flexibility index (Phi) is 5.69. The van der Waals surface area contributed by atoms with Gasteiger partial charge in [0.15, 0.2) is 6.10 Å². The summed E-state index contributed by atoms with van der Waals surface area (Å²) in [4.78, 5) is 48.7. The lowest BCUT2D eigenvalue weighted by Crippen LogP contribution is -2.48. The fourth-order valence-electron chi connectivity index (χ4n) is 3.44. The fraction of sp³-hybridized carbons (Fsp3) is 0.500. The lowest BCUT2D eigenvalue weighted by molar-refractivity contribution is -0.384. The third-order valence-electron chi connectivity index (χ3n) is 5.03. The van der Waals surface area contributed by atoms with Crippen LogP contribution in [0, 0.1) is 10.1 Å². The first-order valence-electron chi connectivity index (χ1n) is 8.96. The fourth-order valence-corrected chi connectivity index (χ4v) is 4.86. The van der Waals surface area contributed by atoms with Gasteiger partial charge in [-0.2, -0.15) is 0 Å². The maximum absolute atomic E-state index is 12.6. The highest BCUT2D eigenvalue weighted by molar-refractivity contribution is 8.01. The zero-order chi connectivity index (χ0) is 21.3. The number of benzene rings is 1. The standard InChI is InChI=1S/C18H21N3O7S/c1-10(16(23)19-12-8-11(21(25)26)4-5-14(12)27-3)28-17(24)13-9-29-18(2)7-6-15(22)20(13)18/h4-5,8,10,13H,6-7,9H2,1-3H3,(H,19,23)/t10-,13-,18-/m0/s1. The Balaban J connectivity index is 1.67. The van der Waals surface area contributed by atoms with Gasteiger partial charge in [0.1, 0.15) is 11.8 Å². The van der Waals surface area contributed by atoms with E-state index in [1.807, 2.05) is 6.92 Å². The van der Waals surface area contributed by atoms with Gasteiger partial charge in [-0.05, 0) is 26.3 Å². The summed E-state index contributed by atoms with van der Waals surface area (Å²) < 4.78 is 10.4. The SMILES string of the molecule is COc1ccc([N+](=O)[O-])cc1NC(=O)[C@H](C)OC(=O)[C@@H]1CS[C@@]2(C)CCC(=O)N12. The van der Waals surface area contributed by atoms with Gasteiger partial charge >= 0.3 is 5.97 Å². The minimum absolute atomic E-state index is 0.0910. The second-order valence-corrected chi connectivity index (χ2v) is 8.48. The predicted octanol–water partition coefficient (Wildman–Crippen LogP) is 1.93. The van der Waals surface area contributed by atoms with Gasteiger partial charge in [-0.3, -0.25) is 19.7 Å². The number of rotatable bonds is 6. The average Bonchev–Trinajstić information content (AvgIpc) is 3.17. The lowest BCUT2D eigenvalue weighted by Gasteiger charge is -2.29. The molecule has 3 rings (SSSR count). The highest BCUT2D eigenvalue weighted by Crippen LogP contribution is 2.47. The number of esters is 1. The van der Waals surface area contributed by atoms with Crippen molar-refractivity contribution >= 4 is 40.9 Å². The largest absolute Gasteiger partial charge is 0.495 e. The molecule has 3 atom stereocenters. The number of methoxy groups -OCH3 is 1. The van der Waals surface area contributed by atoms with E-state index in [1.54, 1.807) is 4.90 Å². The van der Waals surface area contributed by atoms with E-state index in [-0.39, 0.29) is 23.0 Å². The molecule has 156 valence electrons. The van der Waals surface area contributed by atoms with Crippen molar-refractivity contribution in [2.24, 2.45) is 0 Å². The van der Waals surface area contributed by atoms with Crippen molar-refractivity contribution in [1.29, 1.82) is 0 Å². The van der Waals surface area contributed by atoms with Crippen molar-refractivity contribution in [2.45, 2.75) is 43.7 Å². The van der Waals surface area contributed by atoms with E-state index < -0.39 is 33.8 Å². The van der Waals surface area contributed by atoms with Crippen LogP contribution in [-0.2, 0) is 19.1 Å². The van der Waals surface area contributed by atoms with E-state index >= 15 is 0 Å². The van der Waals surface area contributed by atoms with Gasteiger partial charge in [-0.15, -0.1) is 11.8 Å². The summed E-state index contributed by atoms with van der Waals surface area (Å²) in [5.74, 6) is -0.775. The van der Waals surface area contributed by atoms with Crippen LogP contribution < -0.4 is 10.1 Å². The maximum Gasteiger partial charge on any atom is 0.330 e. The van der Waals surface area contributed by atoms with Crippen molar-refractivity contribution in [3.05, 3.63) is 28.3 Å². The highest BCUT2D eigenvalue weighted by Gasteiger charge is 2.53. The van der Waals surface area contributed by atoms with Gasteiger partial charge in [0, 0.05) is 24.3 Å². The number of hydrogen-bond acceptors (Lipinski definition) is 8. The van der Waals surface area contributed by atoms with E-state index in [0.29, 0.717) is 18.6 Å². The van der Waals surface area contributed by atoms with Crippen molar-refractivity contribution in [3.8, 4) is 5.75 Å². The second-order valence-electron chi connectivity index (χ2n) is 6.98. The van der Waals surface area contributed by atoms with Gasteiger partial charge in [0.2, 0.25) is 5.91 Å². The lowest BCUT2D eigenvalue weighted by atomic mass is 10.2. The van der Waals surface area contributed by atoms with Crippen LogP contribution in [0.4, 0.5) is 11.4 Å². The van der Waals surface area contributed by atoms with Crippen molar-refractivity contribution < 1.29 is 28.8 Å². The summed E-state index contributed by atoms with van der Waals surface area (Å²) in [6.07, 6.45) is -0.111. The summed E-state index contributed by atoms with van der Waals surface area (Å²) in [5, 5.41) is 13.4. The van der Waals surface area contributed by atoms with Gasteiger partial charge in [0.25, 0.3) is 11.6 Å². The molecule has 2 fully saturated rings. The molecule has 0 bridgehead atoms. The molecule has 0 aromatic heterocycles. The number of fused-ring (bicyclic) bond motifs is 1. The van der Waals surface area contributed by atoms with Crippen LogP contribution >= 0.6 is 11.8 Å². The molecule has 1 aromatic rings. The Morgan fingerprint density at radius 2 is 2.17 bits per heavy atom. The Bertz CT molecular complexity index is 877. The average molecular weight is 423 g/mol. The topological polar surface area (TPSA) is 128 Å². The van der Waals surface area contributed by atoms with Gasteiger partial charge < -0.3 is 19.7 Å². The number of anilines is 1. The molecule has 1 aromatic carbocycles. The van der Waals surface area contributed by atoms with Crippen LogP contribution in [0.2, 0.25) is 0 Å². The zero-order valence-corrected chi connectivity index (χ0v) is 17.0. The number of nitro groups is 1. The molecule has 0 unspecified atom stereocenters. The number of nitrogens with one attached hydrogen (secondary N) is 1. The first-order valence-corrected chi connectivity index (χ1v) is 9.95. The Hall–Kier alpha value is -2.82. The van der Waals surface area contributed by atoms with Gasteiger partial charge in [0.05, 0.1) is 22.6 Å². The number of nitro benzene ring substituents is 1. The number of nitrogens with zero attached hydrogens (tertiary/aromatic N) is 2. The van der Waals surface area contributed by atoms with Crippen LogP contribution in [0.3, 0.4) is 0 Å². The molecule has 0 radical (unpaired) electrons. The number of hydrogen-bond donors (Lipinski definition) is 1. The number of amides is 2. The molecule has 0 aliphatic carbocycles. The molecule has 0 spiro atoms. The maximum atomic E-state index is 12.6. The molecule has 2 saturated heterocycles. The normalized spacial score (nSPS) is 24.0. The minimum Gasteiger partial charge on any atom is -0.495 e. The van der Waals surface area contributed by atoms with Crippen molar-refractivity contribution in [2.75, 3.05) is 18.2 Å². The number of non-ortho nitro benzene ring substituents is 1. The Morgan fingerprint density at radius 1 is 1.45 bits per heavy atom. The number of carbonyl (C=O) groups excluding carboxylic acids is 3. The quantitative estimate of drug-likeness (QED) is 0.418. The summed E-state index contributed by atoms with van der Waals surface area (Å²) in [7, 11) is 1.36. The summed E-state index contributed by atoms with van der Waals surface area (Å²) >= 11 is 1.53.